The SMILES string of the molecule is COc1ccccc1Nc1cc(C(=O)N2CCC3(CC2)OCCO3)nc(C)n1. The van der Waals surface area contributed by atoms with E-state index in [1.54, 1.807) is 25.0 Å². The van der Waals surface area contributed by atoms with Crippen LogP contribution in [0, 0.1) is 6.92 Å². The highest BCUT2D eigenvalue weighted by Gasteiger charge is 2.41. The molecular weight excluding hydrogens is 360 g/mol. The molecule has 1 spiro atoms. The van der Waals surface area contributed by atoms with Crippen LogP contribution in [0.25, 0.3) is 0 Å². The fraction of sp³-hybridized carbons (Fsp3) is 0.450. The van der Waals surface area contributed by atoms with Gasteiger partial charge in [0.1, 0.15) is 23.1 Å². The summed E-state index contributed by atoms with van der Waals surface area (Å²) in [6.45, 7) is 4.18. The maximum absolute atomic E-state index is 13.0. The smallest absolute Gasteiger partial charge is 0.272 e. The molecule has 0 aliphatic carbocycles. The molecular formula is C20H24N4O4. The van der Waals surface area contributed by atoms with Crippen LogP contribution in [0.15, 0.2) is 30.3 Å². The molecule has 0 atom stereocenters. The second-order valence-corrected chi connectivity index (χ2v) is 6.91. The van der Waals surface area contributed by atoms with Crippen LogP contribution < -0.4 is 10.1 Å². The van der Waals surface area contributed by atoms with Crippen molar-refractivity contribution in [1.82, 2.24) is 14.9 Å². The molecule has 1 N–H and O–H groups in total. The molecule has 0 saturated carbocycles. The summed E-state index contributed by atoms with van der Waals surface area (Å²) >= 11 is 0. The van der Waals surface area contributed by atoms with Gasteiger partial charge in [-0.1, -0.05) is 12.1 Å². The number of benzene rings is 1. The van der Waals surface area contributed by atoms with Crippen LogP contribution in [0.3, 0.4) is 0 Å². The number of piperidine rings is 1. The molecule has 28 heavy (non-hydrogen) atoms. The zero-order chi connectivity index (χ0) is 19.6. The number of hydrogen-bond acceptors (Lipinski definition) is 7. The molecule has 3 heterocycles. The fourth-order valence-electron chi connectivity index (χ4n) is 3.63. The van der Waals surface area contributed by atoms with E-state index in [1.165, 1.54) is 0 Å². The molecule has 1 aromatic heterocycles. The zero-order valence-electron chi connectivity index (χ0n) is 16.1. The third-order valence-electron chi connectivity index (χ3n) is 5.05. The number of carbonyl (C=O) groups excluding carboxylic acids is 1. The Morgan fingerprint density at radius 3 is 2.61 bits per heavy atom. The number of aryl methyl sites for hydroxylation is 1. The monoisotopic (exact) mass is 384 g/mol. The van der Waals surface area contributed by atoms with E-state index in [2.05, 4.69) is 15.3 Å². The van der Waals surface area contributed by atoms with Crippen molar-refractivity contribution >= 4 is 17.4 Å². The minimum atomic E-state index is -0.505. The minimum Gasteiger partial charge on any atom is -0.495 e. The molecule has 1 aromatic carbocycles. The fourth-order valence-corrected chi connectivity index (χ4v) is 3.63. The standard InChI is InChI=1S/C20H24N4O4/c1-14-21-16(13-18(22-14)23-15-5-3-4-6-17(15)26-2)19(25)24-9-7-20(8-10-24)27-11-12-28-20/h3-6,13H,7-12H2,1-2H3,(H,21,22,23). The van der Waals surface area contributed by atoms with E-state index >= 15 is 0 Å². The largest absolute Gasteiger partial charge is 0.495 e. The summed E-state index contributed by atoms with van der Waals surface area (Å²) in [5.41, 5.74) is 1.14. The molecule has 2 fully saturated rings. The summed E-state index contributed by atoms with van der Waals surface area (Å²) in [6.07, 6.45) is 1.35. The topological polar surface area (TPSA) is 85.8 Å². The van der Waals surface area contributed by atoms with Crippen LogP contribution in [0.5, 0.6) is 5.75 Å². The van der Waals surface area contributed by atoms with Crippen LogP contribution in [0.4, 0.5) is 11.5 Å². The molecule has 0 radical (unpaired) electrons. The van der Waals surface area contributed by atoms with E-state index in [0.29, 0.717) is 62.2 Å². The number of anilines is 2. The van der Waals surface area contributed by atoms with Crippen molar-refractivity contribution in [3.63, 3.8) is 0 Å². The summed E-state index contributed by atoms with van der Waals surface area (Å²) in [5, 5.41) is 3.22. The lowest BCUT2D eigenvalue weighted by atomic mass is 10.0. The summed E-state index contributed by atoms with van der Waals surface area (Å²) < 4.78 is 16.8. The summed E-state index contributed by atoms with van der Waals surface area (Å²) in [5.74, 6) is 1.16. The summed E-state index contributed by atoms with van der Waals surface area (Å²) in [4.78, 5) is 23.5. The van der Waals surface area contributed by atoms with E-state index in [-0.39, 0.29) is 5.91 Å². The first-order chi connectivity index (χ1) is 13.6. The van der Waals surface area contributed by atoms with Crippen molar-refractivity contribution in [1.29, 1.82) is 0 Å². The van der Waals surface area contributed by atoms with Crippen molar-refractivity contribution in [2.75, 3.05) is 38.7 Å². The highest BCUT2D eigenvalue weighted by atomic mass is 16.7. The Hall–Kier alpha value is -2.71. The van der Waals surface area contributed by atoms with Gasteiger partial charge in [0, 0.05) is 32.0 Å². The van der Waals surface area contributed by atoms with Crippen molar-refractivity contribution in [3.05, 3.63) is 41.9 Å². The Kier molecular flexibility index (Phi) is 5.15. The second-order valence-electron chi connectivity index (χ2n) is 6.91. The molecule has 8 heteroatoms. The Morgan fingerprint density at radius 2 is 1.89 bits per heavy atom. The first kappa shape index (κ1) is 18.6. The lowest BCUT2D eigenvalue weighted by molar-refractivity contribution is -0.181. The molecule has 2 saturated heterocycles. The number of nitrogens with one attached hydrogen (secondary N) is 1. The van der Waals surface area contributed by atoms with Gasteiger partial charge in [-0.3, -0.25) is 4.79 Å². The molecule has 8 nitrogen and oxygen atoms in total. The number of para-hydroxylation sites is 2. The molecule has 2 aliphatic heterocycles. The molecule has 1 amide bonds. The van der Waals surface area contributed by atoms with Crippen molar-refractivity contribution < 1.29 is 19.0 Å². The second kappa shape index (κ2) is 7.73. The number of amides is 1. The number of hydrogen-bond donors (Lipinski definition) is 1. The van der Waals surface area contributed by atoms with Gasteiger partial charge < -0.3 is 24.4 Å². The number of methoxy groups -OCH3 is 1. The van der Waals surface area contributed by atoms with Gasteiger partial charge in [-0.05, 0) is 19.1 Å². The Labute approximate surface area is 163 Å². The normalized spacial score (nSPS) is 18.3. The average Bonchev–Trinajstić information content (AvgIpc) is 3.16. The summed E-state index contributed by atoms with van der Waals surface area (Å²) in [6, 6.07) is 9.23. The number of nitrogens with zero attached hydrogens (tertiary/aromatic N) is 3. The lowest BCUT2D eigenvalue weighted by Crippen LogP contribution is -2.47. The first-order valence-corrected chi connectivity index (χ1v) is 9.41. The lowest BCUT2D eigenvalue weighted by Gasteiger charge is -2.37. The van der Waals surface area contributed by atoms with E-state index in [1.807, 2.05) is 24.3 Å². The number of likely N-dealkylation sites (tertiary alicyclic amines) is 1. The quantitative estimate of drug-likeness (QED) is 0.867. The molecule has 0 unspecified atom stereocenters. The predicted molar refractivity (Wildman–Crippen MR) is 103 cm³/mol. The van der Waals surface area contributed by atoms with E-state index in [0.717, 1.165) is 5.69 Å². The maximum atomic E-state index is 13.0. The Balaban J connectivity index is 1.50. The van der Waals surface area contributed by atoms with Gasteiger partial charge in [0.15, 0.2) is 5.79 Å². The van der Waals surface area contributed by atoms with Crippen molar-refractivity contribution in [2.24, 2.45) is 0 Å². The number of carbonyl (C=O) groups is 1. The van der Waals surface area contributed by atoms with Crippen LogP contribution in [-0.4, -0.2) is 60.0 Å². The highest BCUT2D eigenvalue weighted by Crippen LogP contribution is 2.32. The van der Waals surface area contributed by atoms with Crippen LogP contribution >= 0.6 is 0 Å². The van der Waals surface area contributed by atoms with Gasteiger partial charge in [-0.2, -0.15) is 0 Å². The van der Waals surface area contributed by atoms with E-state index in [9.17, 15) is 4.79 Å². The van der Waals surface area contributed by atoms with E-state index < -0.39 is 5.79 Å². The van der Waals surface area contributed by atoms with Crippen molar-refractivity contribution in [2.45, 2.75) is 25.6 Å². The summed E-state index contributed by atoms with van der Waals surface area (Å²) in [7, 11) is 1.61. The highest BCUT2D eigenvalue weighted by molar-refractivity contribution is 5.93. The predicted octanol–water partition coefficient (Wildman–Crippen LogP) is 2.52. The third-order valence-corrected chi connectivity index (χ3v) is 5.05. The van der Waals surface area contributed by atoms with Gasteiger partial charge in [0.2, 0.25) is 0 Å². The molecule has 0 bridgehead atoms. The number of rotatable bonds is 4. The van der Waals surface area contributed by atoms with Gasteiger partial charge in [-0.15, -0.1) is 0 Å². The maximum Gasteiger partial charge on any atom is 0.272 e. The Morgan fingerprint density at radius 1 is 1.18 bits per heavy atom. The minimum absolute atomic E-state index is 0.110. The van der Waals surface area contributed by atoms with Crippen LogP contribution in [-0.2, 0) is 9.47 Å². The average molecular weight is 384 g/mol. The van der Waals surface area contributed by atoms with Gasteiger partial charge in [0.25, 0.3) is 5.91 Å². The molecule has 2 aromatic rings. The molecule has 148 valence electrons. The Bertz CT molecular complexity index is 857. The first-order valence-electron chi connectivity index (χ1n) is 9.41. The van der Waals surface area contributed by atoms with E-state index in [4.69, 9.17) is 14.2 Å². The third kappa shape index (κ3) is 3.79. The van der Waals surface area contributed by atoms with Gasteiger partial charge in [-0.25, -0.2) is 9.97 Å². The number of aromatic nitrogens is 2. The zero-order valence-corrected chi connectivity index (χ0v) is 16.1. The van der Waals surface area contributed by atoms with Crippen LogP contribution in [0.2, 0.25) is 0 Å². The van der Waals surface area contributed by atoms with Crippen LogP contribution in [0.1, 0.15) is 29.2 Å². The number of ether oxygens (including phenoxy) is 3. The molecule has 2 aliphatic rings. The van der Waals surface area contributed by atoms with Gasteiger partial charge >= 0.3 is 0 Å². The molecule has 4 rings (SSSR count). The van der Waals surface area contributed by atoms with Crippen molar-refractivity contribution in [3.8, 4) is 5.75 Å². The van der Waals surface area contributed by atoms with Gasteiger partial charge in [0.05, 0.1) is 26.0 Å².